The minimum Gasteiger partial charge on any atom is -0.408 e. The summed E-state index contributed by atoms with van der Waals surface area (Å²) in [4.78, 5) is 14.4. The van der Waals surface area contributed by atoms with E-state index >= 15 is 0 Å². The van der Waals surface area contributed by atoms with Crippen LogP contribution in [0.15, 0.2) is 27.4 Å². The van der Waals surface area contributed by atoms with Gasteiger partial charge in [0.15, 0.2) is 5.58 Å². The van der Waals surface area contributed by atoms with Crippen LogP contribution >= 0.6 is 11.6 Å². The van der Waals surface area contributed by atoms with Gasteiger partial charge in [0.05, 0.1) is 24.9 Å². The van der Waals surface area contributed by atoms with E-state index in [2.05, 4.69) is 4.90 Å². The zero-order chi connectivity index (χ0) is 14.4. The molecule has 2 aliphatic rings. The lowest BCUT2D eigenvalue weighted by Gasteiger charge is -2.37. The van der Waals surface area contributed by atoms with E-state index < -0.39 is 0 Å². The second kappa shape index (κ2) is 5.16. The molecule has 2 heterocycles. The first-order chi connectivity index (χ1) is 10.2. The Balaban J connectivity index is 1.69. The van der Waals surface area contributed by atoms with Crippen LogP contribution in [-0.2, 0) is 11.4 Å². The number of nitrogens with zero attached hydrogens (tertiary/aromatic N) is 2. The van der Waals surface area contributed by atoms with Crippen LogP contribution in [0.5, 0.6) is 0 Å². The molecular weight excluding hydrogens is 292 g/mol. The summed E-state index contributed by atoms with van der Waals surface area (Å²) in [5, 5.41) is 0.609. The Morgan fingerprint density at radius 1 is 1.33 bits per heavy atom. The fourth-order valence-electron chi connectivity index (χ4n) is 3.53. The van der Waals surface area contributed by atoms with Crippen LogP contribution in [0.2, 0.25) is 5.02 Å². The second-order valence-corrected chi connectivity index (χ2v) is 6.21. The molecule has 2 atom stereocenters. The maximum atomic E-state index is 12.1. The lowest BCUT2D eigenvalue weighted by Crippen LogP contribution is -2.49. The minimum atomic E-state index is -0.326. The van der Waals surface area contributed by atoms with Crippen LogP contribution in [0.1, 0.15) is 19.3 Å². The number of halogens is 1. The van der Waals surface area contributed by atoms with Crippen molar-refractivity contribution in [1.29, 1.82) is 0 Å². The number of morpholine rings is 1. The predicted molar refractivity (Wildman–Crippen MR) is 79.6 cm³/mol. The van der Waals surface area contributed by atoms with Gasteiger partial charge in [-0.25, -0.2) is 4.79 Å². The van der Waals surface area contributed by atoms with Gasteiger partial charge in [0.25, 0.3) is 0 Å². The third-order valence-corrected chi connectivity index (χ3v) is 4.78. The molecule has 0 amide bonds. The average molecular weight is 309 g/mol. The monoisotopic (exact) mass is 308 g/mol. The van der Waals surface area contributed by atoms with Gasteiger partial charge in [0.1, 0.15) is 0 Å². The molecule has 1 aliphatic carbocycles. The number of ether oxygens (including phenoxy) is 1. The molecule has 0 unspecified atom stereocenters. The molecule has 4 rings (SSSR count). The lowest BCUT2D eigenvalue weighted by molar-refractivity contribution is -0.0669. The van der Waals surface area contributed by atoms with Crippen LogP contribution in [-0.4, -0.2) is 34.8 Å². The van der Waals surface area contributed by atoms with Crippen molar-refractivity contribution in [3.8, 4) is 0 Å². The fourth-order valence-corrected chi connectivity index (χ4v) is 3.70. The summed E-state index contributed by atoms with van der Waals surface area (Å²) in [6.07, 6.45) is 3.76. The Kier molecular flexibility index (Phi) is 3.28. The smallest absolute Gasteiger partial charge is 0.408 e. The third kappa shape index (κ3) is 2.29. The molecule has 0 spiro atoms. The molecule has 21 heavy (non-hydrogen) atoms. The fraction of sp³-hybridized carbons (Fsp3) is 0.533. The molecule has 2 fully saturated rings. The summed E-state index contributed by atoms with van der Waals surface area (Å²) in [5.74, 6) is -0.326. The predicted octanol–water partition coefficient (Wildman–Crippen LogP) is 2.46. The normalized spacial score (nSPS) is 26.3. The topological polar surface area (TPSA) is 47.6 Å². The molecule has 0 bridgehead atoms. The summed E-state index contributed by atoms with van der Waals surface area (Å²) >= 11 is 6.04. The van der Waals surface area contributed by atoms with Crippen molar-refractivity contribution in [2.45, 2.75) is 38.1 Å². The van der Waals surface area contributed by atoms with Crippen molar-refractivity contribution >= 4 is 22.7 Å². The highest BCUT2D eigenvalue weighted by Crippen LogP contribution is 2.30. The van der Waals surface area contributed by atoms with Crippen molar-refractivity contribution < 1.29 is 9.15 Å². The maximum absolute atomic E-state index is 12.1. The van der Waals surface area contributed by atoms with Crippen LogP contribution in [0, 0.1) is 0 Å². The molecule has 112 valence electrons. The quantitative estimate of drug-likeness (QED) is 0.855. The van der Waals surface area contributed by atoms with Crippen molar-refractivity contribution in [2.24, 2.45) is 0 Å². The second-order valence-electron chi connectivity index (χ2n) is 5.77. The van der Waals surface area contributed by atoms with Gasteiger partial charge < -0.3 is 9.15 Å². The van der Waals surface area contributed by atoms with Crippen LogP contribution in [0.25, 0.3) is 11.1 Å². The number of benzene rings is 1. The number of aromatic nitrogens is 1. The van der Waals surface area contributed by atoms with E-state index in [9.17, 15) is 4.79 Å². The van der Waals surface area contributed by atoms with Crippen LogP contribution < -0.4 is 5.76 Å². The Bertz CT molecular complexity index is 723. The molecule has 0 N–H and O–H groups in total. The Morgan fingerprint density at radius 3 is 3.14 bits per heavy atom. The molecule has 1 saturated carbocycles. The van der Waals surface area contributed by atoms with Crippen LogP contribution in [0.3, 0.4) is 0 Å². The van der Waals surface area contributed by atoms with E-state index in [4.69, 9.17) is 20.8 Å². The van der Waals surface area contributed by atoms with Crippen LogP contribution in [0.4, 0.5) is 0 Å². The third-order valence-electron chi connectivity index (χ3n) is 4.55. The molecule has 1 aromatic heterocycles. The van der Waals surface area contributed by atoms with Crippen molar-refractivity contribution in [2.75, 3.05) is 13.2 Å². The highest BCUT2D eigenvalue weighted by atomic mass is 35.5. The number of fused-ring (bicyclic) bond motifs is 2. The molecule has 1 saturated heterocycles. The zero-order valence-corrected chi connectivity index (χ0v) is 12.4. The molecular formula is C15H17ClN2O3. The molecule has 1 aliphatic heterocycles. The van der Waals surface area contributed by atoms with Gasteiger partial charge in [-0.15, -0.1) is 0 Å². The lowest BCUT2D eigenvalue weighted by atomic mass is 10.1. The van der Waals surface area contributed by atoms with Crippen molar-refractivity contribution in [3.05, 3.63) is 33.8 Å². The average Bonchev–Trinajstić information content (AvgIpc) is 3.05. The maximum Gasteiger partial charge on any atom is 0.421 e. The molecule has 1 aromatic carbocycles. The van der Waals surface area contributed by atoms with Gasteiger partial charge in [-0.2, -0.15) is 0 Å². The Hall–Kier alpha value is -1.30. The van der Waals surface area contributed by atoms with Gasteiger partial charge in [-0.3, -0.25) is 9.47 Å². The molecule has 0 radical (unpaired) electrons. The van der Waals surface area contributed by atoms with Gasteiger partial charge in [-0.1, -0.05) is 11.6 Å². The largest absolute Gasteiger partial charge is 0.421 e. The number of oxazole rings is 1. The summed E-state index contributed by atoms with van der Waals surface area (Å²) in [7, 11) is 0. The van der Waals surface area contributed by atoms with E-state index in [0.717, 1.165) is 31.5 Å². The number of hydrogen-bond donors (Lipinski definition) is 0. The first kappa shape index (κ1) is 13.4. The molecule has 5 nitrogen and oxygen atoms in total. The van der Waals surface area contributed by atoms with Gasteiger partial charge in [0, 0.05) is 17.6 Å². The Labute approximate surface area is 127 Å². The summed E-state index contributed by atoms with van der Waals surface area (Å²) in [6.45, 7) is 2.12. The standard InChI is InChI=1S/C15H17ClN2O3/c16-10-4-5-14-12(8-10)18(15(19)21-14)9-17-6-7-20-13-3-1-2-11(13)17/h4-5,8,11,13H,1-3,6-7,9H2/t11-,13-/m1/s1. The number of rotatable bonds is 2. The highest BCUT2D eigenvalue weighted by Gasteiger charge is 2.36. The minimum absolute atomic E-state index is 0.316. The van der Waals surface area contributed by atoms with E-state index in [0.29, 0.717) is 29.4 Å². The van der Waals surface area contributed by atoms with E-state index in [1.54, 1.807) is 22.8 Å². The first-order valence-electron chi connectivity index (χ1n) is 7.37. The van der Waals surface area contributed by atoms with Crippen molar-refractivity contribution in [1.82, 2.24) is 9.47 Å². The van der Waals surface area contributed by atoms with Gasteiger partial charge >= 0.3 is 5.76 Å². The van der Waals surface area contributed by atoms with Gasteiger partial charge in [0.2, 0.25) is 0 Å². The summed E-state index contributed by atoms with van der Waals surface area (Å²) in [5.41, 5.74) is 1.34. The van der Waals surface area contributed by atoms with E-state index in [1.165, 1.54) is 6.42 Å². The van der Waals surface area contributed by atoms with E-state index in [1.807, 2.05) is 0 Å². The summed E-state index contributed by atoms with van der Waals surface area (Å²) in [6, 6.07) is 5.68. The first-order valence-corrected chi connectivity index (χ1v) is 7.75. The summed E-state index contributed by atoms with van der Waals surface area (Å²) < 4.78 is 12.8. The molecule has 2 aromatic rings. The van der Waals surface area contributed by atoms with Crippen molar-refractivity contribution in [3.63, 3.8) is 0 Å². The van der Waals surface area contributed by atoms with Gasteiger partial charge in [-0.05, 0) is 37.5 Å². The highest BCUT2D eigenvalue weighted by molar-refractivity contribution is 6.31. The SMILES string of the molecule is O=c1oc2ccc(Cl)cc2n1CN1CCO[C@@H]2CCC[C@H]21. The Morgan fingerprint density at radius 2 is 2.24 bits per heavy atom. The number of hydrogen-bond acceptors (Lipinski definition) is 4. The molecule has 6 heteroatoms. The zero-order valence-electron chi connectivity index (χ0n) is 11.6. The van der Waals surface area contributed by atoms with E-state index in [-0.39, 0.29) is 5.76 Å².